The molecule has 33 heavy (non-hydrogen) atoms. The third-order valence-corrected chi connectivity index (χ3v) is 4.14. The minimum Gasteiger partial charge on any atom is -0.497 e. The molecule has 10 heteroatoms. The molecule has 0 saturated carbocycles. The monoisotopic (exact) mass is 456 g/mol. The van der Waals surface area contributed by atoms with Crippen LogP contribution in [0.25, 0.3) is 0 Å². The zero-order valence-corrected chi connectivity index (χ0v) is 19.1. The van der Waals surface area contributed by atoms with Gasteiger partial charge in [0, 0.05) is 11.1 Å². The van der Waals surface area contributed by atoms with Crippen molar-refractivity contribution in [3.8, 4) is 23.0 Å². The molecule has 0 atom stereocenters. The van der Waals surface area contributed by atoms with Gasteiger partial charge in [-0.1, -0.05) is 0 Å². The van der Waals surface area contributed by atoms with Crippen LogP contribution in [0.5, 0.6) is 23.0 Å². The van der Waals surface area contributed by atoms with Crippen molar-refractivity contribution in [3.63, 3.8) is 0 Å². The van der Waals surface area contributed by atoms with Gasteiger partial charge in [0.05, 0.1) is 39.9 Å². The van der Waals surface area contributed by atoms with E-state index in [2.05, 4.69) is 21.1 Å². The number of benzene rings is 2. The second-order valence-electron chi connectivity index (χ2n) is 6.44. The zero-order valence-electron chi connectivity index (χ0n) is 19.1. The number of hydrazone groups is 2. The number of carbonyl (C=O) groups is 2. The lowest BCUT2D eigenvalue weighted by atomic mass is 10.2. The van der Waals surface area contributed by atoms with Gasteiger partial charge in [-0.25, -0.2) is 10.9 Å². The molecule has 2 aromatic rings. The molecular weight excluding hydrogens is 428 g/mol. The highest BCUT2D eigenvalue weighted by Gasteiger charge is 2.09. The molecule has 10 nitrogen and oxygen atoms in total. The van der Waals surface area contributed by atoms with Gasteiger partial charge in [0.15, 0.2) is 0 Å². The van der Waals surface area contributed by atoms with E-state index in [1.165, 1.54) is 12.4 Å². The van der Waals surface area contributed by atoms with E-state index < -0.39 is 18.2 Å². The summed E-state index contributed by atoms with van der Waals surface area (Å²) in [6.45, 7) is 4.67. The Labute approximate surface area is 192 Å². The van der Waals surface area contributed by atoms with Crippen LogP contribution in [0.4, 0.5) is 0 Å². The van der Waals surface area contributed by atoms with Crippen molar-refractivity contribution in [2.24, 2.45) is 10.2 Å². The first-order valence-corrected chi connectivity index (χ1v) is 10.3. The number of amides is 2. The fourth-order valence-corrected chi connectivity index (χ4v) is 2.66. The van der Waals surface area contributed by atoms with Crippen LogP contribution in [0.1, 0.15) is 31.4 Å². The van der Waals surface area contributed by atoms with E-state index in [9.17, 15) is 9.59 Å². The van der Waals surface area contributed by atoms with Crippen molar-refractivity contribution in [3.05, 3.63) is 47.5 Å². The van der Waals surface area contributed by atoms with Crippen LogP contribution in [0.3, 0.4) is 0 Å². The predicted molar refractivity (Wildman–Crippen MR) is 124 cm³/mol. The Kier molecular flexibility index (Phi) is 10.2. The number of rotatable bonds is 12. The third-order valence-electron chi connectivity index (χ3n) is 4.14. The molecule has 2 N–H and O–H groups in total. The Hall–Kier alpha value is -4.08. The molecule has 0 heterocycles. The summed E-state index contributed by atoms with van der Waals surface area (Å²) >= 11 is 0. The van der Waals surface area contributed by atoms with E-state index in [0.717, 1.165) is 0 Å². The normalized spacial score (nSPS) is 10.8. The van der Waals surface area contributed by atoms with Crippen LogP contribution in [0.15, 0.2) is 46.6 Å². The van der Waals surface area contributed by atoms with Crippen molar-refractivity contribution in [1.82, 2.24) is 10.9 Å². The molecule has 0 fully saturated rings. The average Bonchev–Trinajstić information content (AvgIpc) is 2.81. The lowest BCUT2D eigenvalue weighted by Gasteiger charge is -2.09. The summed E-state index contributed by atoms with van der Waals surface area (Å²) in [5, 5.41) is 7.77. The van der Waals surface area contributed by atoms with Gasteiger partial charge in [-0.3, -0.25) is 9.59 Å². The Morgan fingerprint density at radius 1 is 0.788 bits per heavy atom. The maximum atomic E-state index is 12.0. The molecule has 2 aromatic carbocycles. The first-order valence-electron chi connectivity index (χ1n) is 10.3. The van der Waals surface area contributed by atoms with Gasteiger partial charge in [0.1, 0.15) is 29.4 Å². The largest absolute Gasteiger partial charge is 0.497 e. The lowest BCUT2D eigenvalue weighted by molar-refractivity contribution is -0.129. The predicted octanol–water partition coefficient (Wildman–Crippen LogP) is 2.49. The van der Waals surface area contributed by atoms with E-state index in [-0.39, 0.29) is 0 Å². The van der Waals surface area contributed by atoms with E-state index >= 15 is 0 Å². The number of methoxy groups -OCH3 is 2. The van der Waals surface area contributed by atoms with Gasteiger partial charge >= 0.3 is 0 Å². The van der Waals surface area contributed by atoms with E-state index in [0.29, 0.717) is 47.3 Å². The highest BCUT2D eigenvalue weighted by molar-refractivity contribution is 5.97. The second-order valence-corrected chi connectivity index (χ2v) is 6.44. The molecule has 0 bridgehead atoms. The first kappa shape index (κ1) is 25.2. The standard InChI is InChI=1S/C23H28N4O6/c1-5-32-20-9-7-18(30-3)11-16(20)14-24-26-22(28)13-23(29)27-25-15-17-12-19(31-4)8-10-21(17)33-6-2/h7-12,14-15H,5-6,13H2,1-4H3,(H,26,28)(H,27,29)/b24-14-,25-15-. The summed E-state index contributed by atoms with van der Waals surface area (Å²) in [7, 11) is 3.09. The van der Waals surface area contributed by atoms with Crippen molar-refractivity contribution in [1.29, 1.82) is 0 Å². The topological polar surface area (TPSA) is 120 Å². The third kappa shape index (κ3) is 8.17. The molecule has 0 saturated heterocycles. The summed E-state index contributed by atoms with van der Waals surface area (Å²) in [6.07, 6.45) is 2.38. The minimum atomic E-state index is -0.601. The lowest BCUT2D eigenvalue weighted by Crippen LogP contribution is -2.27. The van der Waals surface area contributed by atoms with Crippen molar-refractivity contribution in [2.75, 3.05) is 27.4 Å². The molecule has 0 aliphatic heterocycles. The smallest absolute Gasteiger partial charge is 0.249 e. The summed E-state index contributed by atoms with van der Waals surface area (Å²) in [4.78, 5) is 24.0. The quantitative estimate of drug-likeness (QED) is 0.288. The molecule has 2 amide bonds. The highest BCUT2D eigenvalue weighted by atomic mass is 16.5. The van der Waals surface area contributed by atoms with Crippen LogP contribution in [0.2, 0.25) is 0 Å². The maximum absolute atomic E-state index is 12.0. The first-order chi connectivity index (χ1) is 16.0. The van der Waals surface area contributed by atoms with Crippen molar-refractivity contribution < 1.29 is 28.5 Å². The van der Waals surface area contributed by atoms with Gasteiger partial charge in [-0.05, 0) is 50.2 Å². The number of carbonyl (C=O) groups excluding carboxylic acids is 2. The summed E-state index contributed by atoms with van der Waals surface area (Å²) in [5.74, 6) is 1.21. The number of ether oxygens (including phenoxy) is 4. The zero-order chi connectivity index (χ0) is 24.1. The fraction of sp³-hybridized carbons (Fsp3) is 0.304. The van der Waals surface area contributed by atoms with Crippen molar-refractivity contribution in [2.45, 2.75) is 20.3 Å². The Morgan fingerprint density at radius 3 is 1.58 bits per heavy atom. The van der Waals surface area contributed by atoms with Crippen LogP contribution < -0.4 is 29.8 Å². The molecule has 0 unspecified atom stereocenters. The number of hydrogen-bond acceptors (Lipinski definition) is 8. The minimum absolute atomic E-state index is 0.457. The van der Waals surface area contributed by atoms with Gasteiger partial charge in [-0.15, -0.1) is 0 Å². The summed E-state index contributed by atoms with van der Waals surface area (Å²) < 4.78 is 21.4. The highest BCUT2D eigenvalue weighted by Crippen LogP contribution is 2.23. The SMILES string of the molecule is CCOc1ccc(OC)cc1/C=N\NC(=O)CC(=O)N/N=C\c1cc(OC)ccc1OCC. The van der Waals surface area contributed by atoms with Gasteiger partial charge in [-0.2, -0.15) is 10.2 Å². The Bertz CT molecular complexity index is 927. The summed E-state index contributed by atoms with van der Waals surface area (Å²) in [5.41, 5.74) is 5.84. The molecule has 0 spiro atoms. The van der Waals surface area contributed by atoms with Crippen LogP contribution in [0, 0.1) is 0 Å². The molecule has 0 aliphatic rings. The molecule has 0 radical (unpaired) electrons. The molecule has 2 rings (SSSR count). The number of nitrogens with one attached hydrogen (secondary N) is 2. The van der Waals surface area contributed by atoms with E-state index in [4.69, 9.17) is 18.9 Å². The number of nitrogens with zero attached hydrogens (tertiary/aromatic N) is 2. The molecule has 0 aliphatic carbocycles. The average molecular weight is 456 g/mol. The van der Waals surface area contributed by atoms with Crippen LogP contribution in [-0.4, -0.2) is 51.7 Å². The summed E-state index contributed by atoms with van der Waals surface area (Å²) in [6, 6.07) is 10.4. The van der Waals surface area contributed by atoms with Crippen LogP contribution >= 0.6 is 0 Å². The van der Waals surface area contributed by atoms with Gasteiger partial charge in [0.25, 0.3) is 0 Å². The molecule has 176 valence electrons. The van der Waals surface area contributed by atoms with Gasteiger partial charge in [0.2, 0.25) is 11.8 Å². The van der Waals surface area contributed by atoms with Crippen LogP contribution in [-0.2, 0) is 9.59 Å². The maximum Gasteiger partial charge on any atom is 0.249 e. The number of hydrogen-bond donors (Lipinski definition) is 2. The Balaban J connectivity index is 1.91. The van der Waals surface area contributed by atoms with E-state index in [1.807, 2.05) is 13.8 Å². The fourth-order valence-electron chi connectivity index (χ4n) is 2.66. The van der Waals surface area contributed by atoms with E-state index in [1.54, 1.807) is 50.6 Å². The Morgan fingerprint density at radius 2 is 1.21 bits per heavy atom. The molecule has 0 aromatic heterocycles. The van der Waals surface area contributed by atoms with Crippen molar-refractivity contribution >= 4 is 24.2 Å². The van der Waals surface area contributed by atoms with Gasteiger partial charge < -0.3 is 18.9 Å². The molecular formula is C23H28N4O6. The second kappa shape index (κ2) is 13.4.